The molecule has 0 atom stereocenters. The molecule has 0 amide bonds. The maximum Gasteiger partial charge on any atom is 0.257 e. The van der Waals surface area contributed by atoms with Gasteiger partial charge in [0.15, 0.2) is 12.2 Å². The van der Waals surface area contributed by atoms with Gasteiger partial charge < -0.3 is 21.7 Å². The second-order valence-corrected chi connectivity index (χ2v) is 8.79. The van der Waals surface area contributed by atoms with Crippen molar-refractivity contribution < 1.29 is 31.1 Å². The van der Waals surface area contributed by atoms with E-state index in [0.29, 0.717) is 6.54 Å². The van der Waals surface area contributed by atoms with Crippen molar-refractivity contribution in [3.05, 3.63) is 71.7 Å². The quantitative estimate of drug-likeness (QED) is 0.420. The van der Waals surface area contributed by atoms with Crippen molar-refractivity contribution in [2.45, 2.75) is 52.1 Å². The van der Waals surface area contributed by atoms with Crippen LogP contribution in [0.1, 0.15) is 48.9 Å². The maximum absolute atomic E-state index is 13.0. The molecule has 0 saturated heterocycles. The van der Waals surface area contributed by atoms with Gasteiger partial charge in [0.05, 0.1) is 20.1 Å². The highest BCUT2D eigenvalue weighted by Gasteiger charge is 2.29. The maximum atomic E-state index is 13.0. The molecule has 0 saturated carbocycles. The number of ketones is 1. The van der Waals surface area contributed by atoms with Crippen LogP contribution in [0.2, 0.25) is 0 Å². The van der Waals surface area contributed by atoms with Crippen molar-refractivity contribution in [3.8, 4) is 17.0 Å². The Morgan fingerprint density at radius 3 is 2.33 bits per heavy atom. The average Bonchev–Trinajstić information content (AvgIpc) is 3.31. The number of carbonyl (C=O) groups is 1. The van der Waals surface area contributed by atoms with Gasteiger partial charge in [-0.1, -0.05) is 45.0 Å². The minimum absolute atomic E-state index is 0. The van der Waals surface area contributed by atoms with Gasteiger partial charge in [0.2, 0.25) is 5.78 Å². The molecule has 4 nitrogen and oxygen atoms in total. The van der Waals surface area contributed by atoms with Crippen LogP contribution in [-0.2, 0) is 24.9 Å². The lowest BCUT2D eigenvalue weighted by molar-refractivity contribution is -0.689. The third kappa shape index (κ3) is 4.36. The third-order valence-corrected chi connectivity index (χ3v) is 5.77. The summed E-state index contributed by atoms with van der Waals surface area (Å²) in [6.07, 6.45) is 4.25. The van der Waals surface area contributed by atoms with E-state index in [1.807, 2.05) is 24.3 Å². The third-order valence-electron chi connectivity index (χ3n) is 5.77. The second kappa shape index (κ2) is 8.76. The normalized spacial score (nSPS) is 12.9. The lowest BCUT2D eigenvalue weighted by atomic mass is 9.86. The van der Waals surface area contributed by atoms with Gasteiger partial charge in [0.25, 0.3) is 5.82 Å². The number of nitrogens with zero attached hydrogens (tertiary/aromatic N) is 2. The molecule has 0 radical (unpaired) electrons. The van der Waals surface area contributed by atoms with Gasteiger partial charge in [0.1, 0.15) is 11.9 Å². The van der Waals surface area contributed by atoms with E-state index in [9.17, 15) is 4.79 Å². The van der Waals surface area contributed by atoms with E-state index in [4.69, 9.17) is 4.74 Å². The zero-order valence-electron chi connectivity index (χ0n) is 18.1. The SMILES string of the molecule is COc1ccc(-c2c[n+](CC(=O)c3ccc(C(C)(C)C)cc3)c3n2CCC3)cc1.[Br-]. The van der Waals surface area contributed by atoms with Crippen molar-refractivity contribution >= 4 is 5.78 Å². The first kappa shape index (κ1) is 22.3. The summed E-state index contributed by atoms with van der Waals surface area (Å²) in [5.41, 5.74) is 4.42. The molecule has 0 unspecified atom stereocenters. The summed E-state index contributed by atoms with van der Waals surface area (Å²) in [6, 6.07) is 16.2. The molecule has 30 heavy (non-hydrogen) atoms. The van der Waals surface area contributed by atoms with E-state index in [1.165, 1.54) is 11.4 Å². The van der Waals surface area contributed by atoms with Crippen LogP contribution in [0.25, 0.3) is 11.3 Å². The van der Waals surface area contributed by atoms with E-state index in [1.54, 1.807) is 7.11 Å². The van der Waals surface area contributed by atoms with Crippen molar-refractivity contribution in [1.29, 1.82) is 0 Å². The van der Waals surface area contributed by atoms with Crippen LogP contribution in [0, 0.1) is 0 Å². The monoisotopic (exact) mass is 468 g/mol. The molecule has 5 heteroatoms. The fourth-order valence-corrected chi connectivity index (χ4v) is 4.04. The number of hydrogen-bond donors (Lipinski definition) is 0. The summed E-state index contributed by atoms with van der Waals surface area (Å²) in [6.45, 7) is 7.93. The molecule has 2 heterocycles. The van der Waals surface area contributed by atoms with Crippen molar-refractivity contribution in [3.63, 3.8) is 0 Å². The Hall–Kier alpha value is -2.40. The van der Waals surface area contributed by atoms with Gasteiger partial charge in [-0.05, 0) is 41.7 Å². The summed E-state index contributed by atoms with van der Waals surface area (Å²) in [7, 11) is 1.68. The van der Waals surface area contributed by atoms with Crippen molar-refractivity contribution in [2.75, 3.05) is 7.11 Å². The Bertz CT molecular complexity index is 1030. The van der Waals surface area contributed by atoms with Gasteiger partial charge in [-0.2, -0.15) is 0 Å². The lowest BCUT2D eigenvalue weighted by Gasteiger charge is -2.18. The van der Waals surface area contributed by atoms with Crippen LogP contribution in [0.15, 0.2) is 54.7 Å². The highest BCUT2D eigenvalue weighted by molar-refractivity contribution is 5.95. The summed E-state index contributed by atoms with van der Waals surface area (Å²) in [5.74, 6) is 2.23. The van der Waals surface area contributed by atoms with Crippen molar-refractivity contribution in [1.82, 2.24) is 4.57 Å². The average molecular weight is 469 g/mol. The number of aromatic nitrogens is 2. The predicted molar refractivity (Wildman–Crippen MR) is 114 cm³/mol. The minimum Gasteiger partial charge on any atom is -1.00 e. The number of fused-ring (bicyclic) bond motifs is 1. The van der Waals surface area contributed by atoms with Crippen LogP contribution in [0.4, 0.5) is 0 Å². The predicted octanol–water partition coefficient (Wildman–Crippen LogP) is 1.58. The van der Waals surface area contributed by atoms with Crippen LogP contribution < -0.4 is 26.3 Å². The lowest BCUT2D eigenvalue weighted by Crippen LogP contribution is -3.00. The van der Waals surface area contributed by atoms with E-state index < -0.39 is 0 Å². The Balaban J connectivity index is 0.00000256. The Morgan fingerprint density at radius 2 is 1.73 bits per heavy atom. The first-order chi connectivity index (χ1) is 13.9. The number of ether oxygens (including phenoxy) is 1. The highest BCUT2D eigenvalue weighted by Crippen LogP contribution is 2.27. The number of halogens is 1. The fraction of sp³-hybridized carbons (Fsp3) is 0.360. The molecule has 158 valence electrons. The fourth-order valence-electron chi connectivity index (χ4n) is 4.04. The number of rotatable bonds is 5. The van der Waals surface area contributed by atoms with Crippen LogP contribution in [0.5, 0.6) is 5.75 Å². The molecule has 0 fully saturated rings. The molecule has 1 aliphatic rings. The number of Topliss-reactive ketones (excluding diaryl/α,β-unsaturated/α-hetero) is 1. The first-order valence-electron chi connectivity index (χ1n) is 10.3. The molecule has 0 spiro atoms. The van der Waals surface area contributed by atoms with E-state index in [-0.39, 0.29) is 28.2 Å². The largest absolute Gasteiger partial charge is 1.00 e. The van der Waals surface area contributed by atoms with Crippen LogP contribution in [-0.4, -0.2) is 17.5 Å². The van der Waals surface area contributed by atoms with E-state index in [2.05, 4.69) is 60.4 Å². The summed E-state index contributed by atoms with van der Waals surface area (Å²) in [4.78, 5) is 13.0. The minimum atomic E-state index is 0. The van der Waals surface area contributed by atoms with E-state index >= 15 is 0 Å². The molecular weight excluding hydrogens is 440 g/mol. The molecule has 0 N–H and O–H groups in total. The molecule has 1 aromatic heterocycles. The standard InChI is InChI=1S/C25H29N2O2.BrH/c1-25(2,3)20-11-7-19(8-12-20)23(28)17-26-16-22(27-15-5-6-24(26)27)18-9-13-21(29-4)14-10-18;/h7-14,16H,5-6,15,17H2,1-4H3;1H/q+1;/p-1. The number of carbonyl (C=O) groups excluding carboxylic acids is 1. The molecule has 4 rings (SSSR count). The Kier molecular flexibility index (Phi) is 6.51. The topological polar surface area (TPSA) is 35.1 Å². The molecule has 0 aliphatic carbocycles. The number of methoxy groups -OCH3 is 1. The molecule has 1 aliphatic heterocycles. The smallest absolute Gasteiger partial charge is 0.257 e. The van der Waals surface area contributed by atoms with Gasteiger partial charge in [0, 0.05) is 11.1 Å². The van der Waals surface area contributed by atoms with E-state index in [0.717, 1.165) is 42.0 Å². The Morgan fingerprint density at radius 1 is 1.07 bits per heavy atom. The van der Waals surface area contributed by atoms with Gasteiger partial charge in [-0.15, -0.1) is 0 Å². The summed E-state index contributed by atoms with van der Waals surface area (Å²) in [5, 5.41) is 0. The van der Waals surface area contributed by atoms with Crippen LogP contribution >= 0.6 is 0 Å². The number of benzene rings is 2. The van der Waals surface area contributed by atoms with Gasteiger partial charge in [-0.25, -0.2) is 9.13 Å². The molecule has 0 bridgehead atoms. The zero-order chi connectivity index (χ0) is 20.6. The van der Waals surface area contributed by atoms with Crippen LogP contribution in [0.3, 0.4) is 0 Å². The highest BCUT2D eigenvalue weighted by atomic mass is 79.9. The van der Waals surface area contributed by atoms with Gasteiger partial charge >= 0.3 is 0 Å². The first-order valence-corrected chi connectivity index (χ1v) is 10.3. The molecular formula is C25H29BrN2O2. The Labute approximate surface area is 189 Å². The van der Waals surface area contributed by atoms with Gasteiger partial charge in [-0.3, -0.25) is 4.79 Å². The number of hydrogen-bond acceptors (Lipinski definition) is 2. The summed E-state index contributed by atoms with van der Waals surface area (Å²) < 4.78 is 9.75. The number of imidazole rings is 1. The molecule has 2 aromatic carbocycles. The second-order valence-electron chi connectivity index (χ2n) is 8.79. The summed E-state index contributed by atoms with van der Waals surface area (Å²) >= 11 is 0. The molecule has 3 aromatic rings. The van der Waals surface area contributed by atoms with Crippen molar-refractivity contribution in [2.24, 2.45) is 0 Å². The zero-order valence-corrected chi connectivity index (χ0v) is 19.7.